The van der Waals surface area contributed by atoms with Gasteiger partial charge in [0.1, 0.15) is 17.3 Å². The van der Waals surface area contributed by atoms with Crippen LogP contribution < -0.4 is 4.74 Å². The zero-order chi connectivity index (χ0) is 22.5. The van der Waals surface area contributed by atoms with Crippen molar-refractivity contribution >= 4 is 17.1 Å². The Hall–Kier alpha value is -2.22. The summed E-state index contributed by atoms with van der Waals surface area (Å²) in [4.78, 5) is 18.0. The molecule has 2 aromatic carbocycles. The number of likely N-dealkylation sites (tertiary alicyclic amines) is 1. The highest BCUT2D eigenvalue weighted by atomic mass is 32.2. The SMILES string of the molecule is COc1ccc2c(c1)CN(C(=O)CCN1CCC(Cc3ccc(O)cc3)CC1)CC[S@+]2[O-]. The molecule has 2 heterocycles. The van der Waals surface area contributed by atoms with E-state index in [1.807, 2.05) is 35.2 Å². The van der Waals surface area contributed by atoms with E-state index >= 15 is 0 Å². The van der Waals surface area contributed by atoms with Gasteiger partial charge in [-0.2, -0.15) is 0 Å². The number of aromatic hydroxyl groups is 1. The molecule has 0 aromatic heterocycles. The lowest BCUT2D eigenvalue weighted by Crippen LogP contribution is -2.39. The molecule has 0 unspecified atom stereocenters. The minimum absolute atomic E-state index is 0.129. The molecule has 172 valence electrons. The predicted octanol–water partition coefficient (Wildman–Crippen LogP) is 3.20. The number of rotatable bonds is 6. The van der Waals surface area contributed by atoms with Crippen molar-refractivity contribution in [2.45, 2.75) is 37.1 Å². The van der Waals surface area contributed by atoms with E-state index in [0.29, 0.717) is 36.9 Å². The second kappa shape index (κ2) is 10.6. The first-order valence-electron chi connectivity index (χ1n) is 11.3. The maximum atomic E-state index is 12.9. The number of benzene rings is 2. The summed E-state index contributed by atoms with van der Waals surface area (Å²) in [7, 11) is 1.62. The highest BCUT2D eigenvalue weighted by Gasteiger charge is 2.27. The molecule has 0 aliphatic carbocycles. The number of nitrogens with zero attached hydrogens (tertiary/aromatic N) is 2. The molecule has 1 amide bonds. The number of phenols is 1. The Morgan fingerprint density at radius 2 is 1.91 bits per heavy atom. The maximum Gasteiger partial charge on any atom is 0.224 e. The number of hydrogen-bond donors (Lipinski definition) is 1. The van der Waals surface area contributed by atoms with Gasteiger partial charge in [-0.25, -0.2) is 0 Å². The Morgan fingerprint density at radius 1 is 1.16 bits per heavy atom. The molecule has 0 spiro atoms. The lowest BCUT2D eigenvalue weighted by Gasteiger charge is -2.32. The number of methoxy groups -OCH3 is 1. The minimum Gasteiger partial charge on any atom is -0.611 e. The molecule has 1 saturated heterocycles. The van der Waals surface area contributed by atoms with E-state index in [-0.39, 0.29) is 5.91 Å². The quantitative estimate of drug-likeness (QED) is 0.676. The third kappa shape index (κ3) is 5.77. The summed E-state index contributed by atoms with van der Waals surface area (Å²) in [6, 6.07) is 13.1. The van der Waals surface area contributed by atoms with Gasteiger partial charge in [-0.3, -0.25) is 4.79 Å². The van der Waals surface area contributed by atoms with Gasteiger partial charge < -0.3 is 24.2 Å². The Balaban J connectivity index is 1.25. The number of hydrogen-bond acceptors (Lipinski definition) is 5. The molecule has 6 nitrogen and oxygen atoms in total. The molecule has 7 heteroatoms. The summed E-state index contributed by atoms with van der Waals surface area (Å²) < 4.78 is 17.9. The van der Waals surface area contributed by atoms with Gasteiger partial charge in [0.05, 0.1) is 20.2 Å². The van der Waals surface area contributed by atoms with Gasteiger partial charge in [-0.05, 0) is 85.3 Å². The monoisotopic (exact) mass is 456 g/mol. The van der Waals surface area contributed by atoms with E-state index < -0.39 is 11.2 Å². The second-order valence-electron chi connectivity index (χ2n) is 8.74. The van der Waals surface area contributed by atoms with Gasteiger partial charge in [-0.15, -0.1) is 0 Å². The summed E-state index contributed by atoms with van der Waals surface area (Å²) in [5.74, 6) is 2.30. The molecule has 2 aliphatic rings. The van der Waals surface area contributed by atoms with Crippen LogP contribution in [0.4, 0.5) is 0 Å². The van der Waals surface area contributed by atoms with Gasteiger partial charge in [0.15, 0.2) is 4.90 Å². The average molecular weight is 457 g/mol. The van der Waals surface area contributed by atoms with Crippen molar-refractivity contribution in [1.29, 1.82) is 0 Å². The highest BCUT2D eigenvalue weighted by molar-refractivity contribution is 7.91. The van der Waals surface area contributed by atoms with Crippen LogP contribution in [0.5, 0.6) is 11.5 Å². The summed E-state index contributed by atoms with van der Waals surface area (Å²) in [5, 5.41) is 9.44. The number of carbonyl (C=O) groups is 1. The molecule has 4 rings (SSSR count). The number of ether oxygens (including phenoxy) is 1. The summed E-state index contributed by atoms with van der Waals surface area (Å²) in [6.07, 6.45) is 3.80. The van der Waals surface area contributed by atoms with E-state index in [4.69, 9.17) is 4.74 Å². The summed E-state index contributed by atoms with van der Waals surface area (Å²) >= 11 is -1.08. The first-order valence-corrected chi connectivity index (χ1v) is 12.7. The van der Waals surface area contributed by atoms with Gasteiger partial charge in [0, 0.05) is 18.5 Å². The van der Waals surface area contributed by atoms with E-state index in [1.165, 1.54) is 5.56 Å². The maximum absolute atomic E-state index is 12.9. The smallest absolute Gasteiger partial charge is 0.224 e. The van der Waals surface area contributed by atoms with Crippen LogP contribution in [-0.4, -0.2) is 64.4 Å². The van der Waals surface area contributed by atoms with Crippen molar-refractivity contribution in [3.05, 3.63) is 53.6 Å². The zero-order valence-corrected chi connectivity index (χ0v) is 19.5. The van der Waals surface area contributed by atoms with E-state index in [2.05, 4.69) is 4.90 Å². The van der Waals surface area contributed by atoms with Crippen LogP contribution in [0, 0.1) is 5.92 Å². The van der Waals surface area contributed by atoms with Crippen molar-refractivity contribution < 1.29 is 19.2 Å². The van der Waals surface area contributed by atoms with Crippen molar-refractivity contribution in [2.24, 2.45) is 5.92 Å². The number of carbonyl (C=O) groups excluding carboxylic acids is 1. The first-order chi connectivity index (χ1) is 15.5. The highest BCUT2D eigenvalue weighted by Crippen LogP contribution is 2.27. The molecule has 0 bridgehead atoms. The third-order valence-corrected chi connectivity index (χ3v) is 8.03. The topological polar surface area (TPSA) is 76.1 Å². The van der Waals surface area contributed by atoms with Crippen molar-refractivity contribution in [1.82, 2.24) is 9.80 Å². The lowest BCUT2D eigenvalue weighted by atomic mass is 9.90. The Morgan fingerprint density at radius 3 is 2.62 bits per heavy atom. The number of phenolic OH excluding ortho intramolecular Hbond substituents is 1. The normalized spacial score (nSPS) is 19.9. The minimum atomic E-state index is -1.08. The van der Waals surface area contributed by atoms with Crippen LogP contribution >= 0.6 is 0 Å². The Bertz CT molecular complexity index is 913. The van der Waals surface area contributed by atoms with Crippen LogP contribution in [0.3, 0.4) is 0 Å². The van der Waals surface area contributed by atoms with Crippen LogP contribution in [0.25, 0.3) is 0 Å². The predicted molar refractivity (Wildman–Crippen MR) is 125 cm³/mol. The second-order valence-corrected chi connectivity index (χ2v) is 10.3. The molecule has 0 saturated carbocycles. The molecular formula is C25H32N2O4S. The van der Waals surface area contributed by atoms with E-state index in [0.717, 1.165) is 55.1 Å². The standard InChI is InChI=1S/C25H32N2O4S/c1-31-23-6-7-24-21(17-23)18-27(14-15-32(24)30)25(29)10-13-26-11-8-20(9-12-26)16-19-2-4-22(28)5-3-19/h2-7,17,20,28H,8-16,18H2,1H3/t32-/m0/s1. The van der Waals surface area contributed by atoms with Gasteiger partial charge in [-0.1, -0.05) is 12.1 Å². The van der Waals surface area contributed by atoms with Crippen LogP contribution in [0.1, 0.15) is 30.4 Å². The van der Waals surface area contributed by atoms with Gasteiger partial charge >= 0.3 is 0 Å². The molecule has 32 heavy (non-hydrogen) atoms. The molecule has 1 atom stereocenters. The first kappa shape index (κ1) is 23.0. The van der Waals surface area contributed by atoms with Crippen molar-refractivity contribution in [2.75, 3.05) is 39.0 Å². The molecular weight excluding hydrogens is 424 g/mol. The fourth-order valence-electron chi connectivity index (χ4n) is 4.62. The number of fused-ring (bicyclic) bond motifs is 1. The third-order valence-electron chi connectivity index (χ3n) is 6.58. The van der Waals surface area contributed by atoms with Crippen molar-refractivity contribution in [3.8, 4) is 11.5 Å². The Kier molecular flexibility index (Phi) is 7.60. The van der Waals surface area contributed by atoms with Crippen LogP contribution in [0.2, 0.25) is 0 Å². The van der Waals surface area contributed by atoms with Crippen LogP contribution in [0.15, 0.2) is 47.4 Å². The van der Waals surface area contributed by atoms with E-state index in [9.17, 15) is 14.5 Å². The summed E-state index contributed by atoms with van der Waals surface area (Å²) in [5.41, 5.74) is 2.19. The van der Waals surface area contributed by atoms with E-state index in [1.54, 1.807) is 19.2 Å². The van der Waals surface area contributed by atoms with Crippen molar-refractivity contribution in [3.63, 3.8) is 0 Å². The average Bonchev–Trinajstić information content (AvgIpc) is 2.98. The van der Waals surface area contributed by atoms with Gasteiger partial charge in [0.2, 0.25) is 5.91 Å². The van der Waals surface area contributed by atoms with Crippen LogP contribution in [-0.2, 0) is 28.9 Å². The molecule has 1 fully saturated rings. The molecule has 1 N–H and O–H groups in total. The number of amides is 1. The molecule has 0 radical (unpaired) electrons. The Labute approximate surface area is 193 Å². The molecule has 2 aliphatic heterocycles. The fraction of sp³-hybridized carbons (Fsp3) is 0.480. The number of piperidine rings is 1. The lowest BCUT2D eigenvalue weighted by molar-refractivity contribution is -0.132. The fourth-order valence-corrected chi connectivity index (χ4v) is 5.86. The van der Waals surface area contributed by atoms with Gasteiger partial charge in [0.25, 0.3) is 0 Å². The molecule has 2 aromatic rings. The zero-order valence-electron chi connectivity index (χ0n) is 18.7. The summed E-state index contributed by atoms with van der Waals surface area (Å²) in [6.45, 7) is 3.82. The largest absolute Gasteiger partial charge is 0.611 e.